The molecule has 2 aromatic rings. The van der Waals surface area contributed by atoms with Crippen LogP contribution >= 0.6 is 0 Å². The van der Waals surface area contributed by atoms with E-state index in [2.05, 4.69) is 26.6 Å². The second-order valence-electron chi connectivity index (χ2n) is 14.3. The van der Waals surface area contributed by atoms with E-state index >= 15 is 0 Å². The van der Waals surface area contributed by atoms with Crippen LogP contribution in [0, 0.1) is 11.8 Å². The number of hydrogen-bond acceptors (Lipinski definition) is 8. The summed E-state index contributed by atoms with van der Waals surface area (Å²) in [7, 11) is 0. The van der Waals surface area contributed by atoms with Crippen LogP contribution in [-0.4, -0.2) is 82.1 Å². The molecule has 1 aliphatic carbocycles. The lowest BCUT2D eigenvalue weighted by Gasteiger charge is -2.32. The molecule has 3 rings (SSSR count). The molecule has 0 radical (unpaired) electrons. The Kier molecular flexibility index (Phi) is 17.5. The van der Waals surface area contributed by atoms with Crippen LogP contribution in [0.1, 0.15) is 102 Å². The number of carbonyl (C=O) groups is 8. The van der Waals surface area contributed by atoms with E-state index < -0.39 is 90.3 Å². The van der Waals surface area contributed by atoms with Crippen molar-refractivity contribution in [1.82, 2.24) is 26.6 Å². The highest BCUT2D eigenvalue weighted by atomic mass is 16.4. The maximum absolute atomic E-state index is 13.9. The van der Waals surface area contributed by atoms with E-state index in [-0.39, 0.29) is 24.7 Å². The fourth-order valence-electron chi connectivity index (χ4n) is 6.66. The van der Waals surface area contributed by atoms with Crippen molar-refractivity contribution in [3.8, 4) is 0 Å². The van der Waals surface area contributed by atoms with E-state index in [4.69, 9.17) is 0 Å². The monoisotopic (exact) mass is 763 g/mol. The predicted molar refractivity (Wildman–Crippen MR) is 201 cm³/mol. The molecule has 0 aromatic heterocycles. The Morgan fingerprint density at radius 2 is 1.27 bits per heavy atom. The minimum atomic E-state index is -1.39. The standard InChI is InChI=1S/C40H53N5O10/c1-4-14-29(35(48)38(51)41-23-32(47)45-34(40(54)55)27-19-12-7-13-20-27)42-36(49)30(21-24(2)3)43-37(50)33(26-17-10-6-11-18-26)44-31(46)22-28(39(52)53)25-15-8-5-9-16-25/h5,7-9,12-13,15-16,19-20,24,26,28-30,33-34H,4,6,10-11,14,17-18,21-23H2,1-3H3,(H,41,51)(H,42,49)(H,43,50)(H,44,46)(H,45,47)(H,52,53)(H,54,55)/t28?,29?,30-,33-,34-/m0/s1. The minimum absolute atomic E-state index is 0.0640. The maximum Gasteiger partial charge on any atom is 0.330 e. The van der Waals surface area contributed by atoms with Gasteiger partial charge in [-0.25, -0.2) is 4.79 Å². The van der Waals surface area contributed by atoms with Crippen LogP contribution in [0.5, 0.6) is 0 Å². The lowest BCUT2D eigenvalue weighted by Crippen LogP contribution is -2.58. The molecule has 1 aliphatic rings. The van der Waals surface area contributed by atoms with E-state index in [9.17, 15) is 48.6 Å². The SMILES string of the molecule is CCCC(NC(=O)[C@H](CC(C)C)NC(=O)[C@@H](NC(=O)CC(C(=O)O)c1ccccc1)C1CCCCC1)C(=O)C(=O)NCC(=O)N[C@H](C(=O)O)c1ccccc1. The Morgan fingerprint density at radius 1 is 0.691 bits per heavy atom. The van der Waals surface area contributed by atoms with Crippen LogP contribution < -0.4 is 26.6 Å². The summed E-state index contributed by atoms with van der Waals surface area (Å²) in [6, 6.07) is 11.4. The normalized spacial score (nSPS) is 15.6. The number of carboxylic acids is 2. The van der Waals surface area contributed by atoms with Gasteiger partial charge in [0.15, 0.2) is 6.04 Å². The van der Waals surface area contributed by atoms with Crippen LogP contribution in [0.15, 0.2) is 60.7 Å². The van der Waals surface area contributed by atoms with Crippen LogP contribution in [-0.2, 0) is 38.4 Å². The fourth-order valence-corrected chi connectivity index (χ4v) is 6.66. The van der Waals surface area contributed by atoms with Gasteiger partial charge in [0.25, 0.3) is 5.91 Å². The molecule has 0 aliphatic heterocycles. The number of carboxylic acid groups (broad SMARTS) is 2. The van der Waals surface area contributed by atoms with Gasteiger partial charge in [-0.15, -0.1) is 0 Å². The number of hydrogen-bond donors (Lipinski definition) is 7. The third-order valence-corrected chi connectivity index (χ3v) is 9.48. The quantitative estimate of drug-likeness (QED) is 0.0918. The number of rotatable bonds is 21. The van der Waals surface area contributed by atoms with Crippen molar-refractivity contribution in [2.24, 2.45) is 11.8 Å². The predicted octanol–water partition coefficient (Wildman–Crippen LogP) is 2.75. The number of ketones is 1. The molecule has 7 N–H and O–H groups in total. The van der Waals surface area contributed by atoms with Crippen molar-refractivity contribution in [2.45, 2.75) is 109 Å². The lowest BCUT2D eigenvalue weighted by molar-refractivity contribution is -0.143. The second kappa shape index (κ2) is 21.9. The zero-order valence-electron chi connectivity index (χ0n) is 31.5. The fraction of sp³-hybridized carbons (Fsp3) is 0.500. The molecule has 0 heterocycles. The van der Waals surface area contributed by atoms with Gasteiger partial charge >= 0.3 is 11.9 Å². The van der Waals surface area contributed by atoms with Gasteiger partial charge in [-0.05, 0) is 48.6 Å². The summed E-state index contributed by atoms with van der Waals surface area (Å²) in [6.45, 7) is 4.71. The summed E-state index contributed by atoms with van der Waals surface area (Å²) in [5.74, 6) is -9.02. The number of aliphatic carboxylic acids is 2. The number of Topliss-reactive ketones (excluding diaryl/α,β-unsaturated/α-hetero) is 1. The van der Waals surface area contributed by atoms with Crippen molar-refractivity contribution in [3.05, 3.63) is 71.8 Å². The summed E-state index contributed by atoms with van der Waals surface area (Å²) in [5, 5.41) is 32.1. The van der Waals surface area contributed by atoms with Crippen molar-refractivity contribution in [3.63, 3.8) is 0 Å². The van der Waals surface area contributed by atoms with Gasteiger partial charge in [-0.2, -0.15) is 0 Å². The first-order valence-corrected chi connectivity index (χ1v) is 18.8. The Balaban J connectivity index is 1.70. The number of amides is 5. The molecule has 2 unspecified atom stereocenters. The Bertz CT molecular complexity index is 1650. The summed E-state index contributed by atoms with van der Waals surface area (Å²) in [5.41, 5.74) is 0.752. The Hall–Kier alpha value is -5.60. The van der Waals surface area contributed by atoms with Gasteiger partial charge < -0.3 is 36.8 Å². The largest absolute Gasteiger partial charge is 0.481 e. The zero-order chi connectivity index (χ0) is 40.5. The van der Waals surface area contributed by atoms with Gasteiger partial charge in [-0.1, -0.05) is 107 Å². The highest BCUT2D eigenvalue weighted by Gasteiger charge is 2.36. The van der Waals surface area contributed by atoms with E-state index in [0.717, 1.165) is 19.3 Å². The number of nitrogens with one attached hydrogen (secondary N) is 5. The summed E-state index contributed by atoms with van der Waals surface area (Å²) in [4.78, 5) is 104. The van der Waals surface area contributed by atoms with Gasteiger partial charge in [0, 0.05) is 6.42 Å². The molecule has 1 fully saturated rings. The van der Waals surface area contributed by atoms with Crippen LogP contribution in [0.3, 0.4) is 0 Å². The lowest BCUT2D eigenvalue weighted by atomic mass is 9.83. The van der Waals surface area contributed by atoms with Crippen molar-refractivity contribution >= 4 is 47.3 Å². The van der Waals surface area contributed by atoms with Crippen molar-refractivity contribution < 1.29 is 48.6 Å². The first-order valence-electron chi connectivity index (χ1n) is 18.8. The van der Waals surface area contributed by atoms with Crippen molar-refractivity contribution in [1.29, 1.82) is 0 Å². The van der Waals surface area contributed by atoms with Gasteiger partial charge in [0.05, 0.1) is 18.5 Å². The molecule has 15 heteroatoms. The molecule has 15 nitrogen and oxygen atoms in total. The third kappa shape index (κ3) is 14.0. The van der Waals surface area contributed by atoms with Crippen LogP contribution in [0.25, 0.3) is 0 Å². The molecule has 1 saturated carbocycles. The number of carbonyl (C=O) groups excluding carboxylic acids is 6. The summed E-state index contributed by atoms with van der Waals surface area (Å²) >= 11 is 0. The first-order chi connectivity index (χ1) is 26.2. The summed E-state index contributed by atoms with van der Waals surface area (Å²) < 4.78 is 0. The van der Waals surface area contributed by atoms with E-state index in [1.165, 1.54) is 12.1 Å². The number of benzene rings is 2. The summed E-state index contributed by atoms with van der Waals surface area (Å²) in [6.07, 6.45) is 4.13. The third-order valence-electron chi connectivity index (χ3n) is 9.48. The van der Waals surface area contributed by atoms with Gasteiger partial charge in [0.1, 0.15) is 12.1 Å². The van der Waals surface area contributed by atoms with E-state index in [1.54, 1.807) is 55.5 Å². The molecule has 5 amide bonds. The molecule has 298 valence electrons. The van der Waals surface area contributed by atoms with Crippen LogP contribution in [0.4, 0.5) is 0 Å². The van der Waals surface area contributed by atoms with E-state index in [0.29, 0.717) is 30.4 Å². The molecule has 0 spiro atoms. The molecular weight excluding hydrogens is 710 g/mol. The molecular formula is C40H53N5O10. The van der Waals surface area contributed by atoms with E-state index in [1.807, 2.05) is 13.8 Å². The topological polar surface area (TPSA) is 237 Å². The molecule has 0 saturated heterocycles. The zero-order valence-corrected chi connectivity index (χ0v) is 31.5. The highest BCUT2D eigenvalue weighted by Crippen LogP contribution is 2.28. The minimum Gasteiger partial charge on any atom is -0.481 e. The average Bonchev–Trinajstić information content (AvgIpc) is 3.16. The van der Waals surface area contributed by atoms with Crippen LogP contribution in [0.2, 0.25) is 0 Å². The first kappa shape index (κ1) is 43.8. The van der Waals surface area contributed by atoms with Crippen molar-refractivity contribution in [2.75, 3.05) is 6.54 Å². The molecule has 5 atom stereocenters. The van der Waals surface area contributed by atoms with Gasteiger partial charge in [0.2, 0.25) is 29.4 Å². The highest BCUT2D eigenvalue weighted by molar-refractivity contribution is 6.38. The molecule has 55 heavy (non-hydrogen) atoms. The molecule has 0 bridgehead atoms. The maximum atomic E-state index is 13.9. The molecule has 2 aromatic carbocycles. The van der Waals surface area contributed by atoms with Gasteiger partial charge in [-0.3, -0.25) is 33.6 Å². The average molecular weight is 764 g/mol. The Labute approximate surface area is 320 Å². The smallest absolute Gasteiger partial charge is 0.330 e. The second-order valence-corrected chi connectivity index (χ2v) is 14.3. The Morgan fingerprint density at radius 3 is 1.82 bits per heavy atom.